The SMILES string of the molecule is CC1CCCCC1N(C)C(=O)CN1CCC(C)(CN)C1.Cl. The van der Waals surface area contributed by atoms with Crippen LogP contribution in [0.4, 0.5) is 0 Å². The van der Waals surface area contributed by atoms with E-state index in [9.17, 15) is 4.79 Å². The number of carbonyl (C=O) groups is 1. The van der Waals surface area contributed by atoms with Gasteiger partial charge in [0.25, 0.3) is 0 Å². The molecule has 0 aromatic heterocycles. The first kappa shape index (κ1) is 18.7. The maximum Gasteiger partial charge on any atom is 0.236 e. The second-order valence-electron chi connectivity index (χ2n) is 7.31. The minimum Gasteiger partial charge on any atom is -0.341 e. The van der Waals surface area contributed by atoms with E-state index in [0.29, 0.717) is 25.0 Å². The minimum absolute atomic E-state index is 0. The molecule has 3 atom stereocenters. The molecule has 0 spiro atoms. The van der Waals surface area contributed by atoms with Crippen molar-refractivity contribution in [2.24, 2.45) is 17.1 Å². The van der Waals surface area contributed by atoms with Gasteiger partial charge in [-0.15, -0.1) is 12.4 Å². The quantitative estimate of drug-likeness (QED) is 0.864. The molecular formula is C16H32ClN3O. The van der Waals surface area contributed by atoms with Crippen molar-refractivity contribution >= 4 is 18.3 Å². The molecule has 2 fully saturated rings. The molecule has 1 saturated carbocycles. The minimum atomic E-state index is 0. The predicted molar refractivity (Wildman–Crippen MR) is 89.7 cm³/mol. The van der Waals surface area contributed by atoms with Crippen LogP contribution in [0, 0.1) is 11.3 Å². The van der Waals surface area contributed by atoms with Crippen LogP contribution in [0.2, 0.25) is 0 Å². The number of carbonyl (C=O) groups excluding carboxylic acids is 1. The van der Waals surface area contributed by atoms with Crippen LogP contribution in [0.5, 0.6) is 0 Å². The number of nitrogens with zero attached hydrogens (tertiary/aromatic N) is 2. The van der Waals surface area contributed by atoms with E-state index in [0.717, 1.165) is 19.5 Å². The first-order valence-electron chi connectivity index (χ1n) is 8.13. The van der Waals surface area contributed by atoms with E-state index in [-0.39, 0.29) is 23.7 Å². The van der Waals surface area contributed by atoms with Gasteiger partial charge in [-0.3, -0.25) is 9.69 Å². The van der Waals surface area contributed by atoms with Gasteiger partial charge in [-0.25, -0.2) is 0 Å². The standard InChI is InChI=1S/C16H31N3O.ClH/c1-13-6-4-5-7-14(13)18(3)15(20)10-19-9-8-16(2,11-17)12-19;/h13-14H,4-12,17H2,1-3H3;1H. The molecule has 4 nitrogen and oxygen atoms in total. The van der Waals surface area contributed by atoms with Crippen LogP contribution < -0.4 is 5.73 Å². The lowest BCUT2D eigenvalue weighted by Crippen LogP contribution is -2.46. The van der Waals surface area contributed by atoms with E-state index in [1.165, 1.54) is 25.7 Å². The number of nitrogens with two attached hydrogens (primary N) is 1. The Balaban J connectivity index is 0.00000220. The van der Waals surface area contributed by atoms with Gasteiger partial charge in [-0.05, 0) is 43.7 Å². The number of likely N-dealkylation sites (tertiary alicyclic amines) is 1. The van der Waals surface area contributed by atoms with Crippen LogP contribution in [-0.4, -0.2) is 55.0 Å². The van der Waals surface area contributed by atoms with Gasteiger partial charge in [0.1, 0.15) is 0 Å². The maximum atomic E-state index is 12.5. The van der Waals surface area contributed by atoms with Crippen LogP contribution in [0.25, 0.3) is 0 Å². The van der Waals surface area contributed by atoms with Gasteiger partial charge in [0.15, 0.2) is 0 Å². The summed E-state index contributed by atoms with van der Waals surface area (Å²) in [6, 6.07) is 0.444. The molecule has 2 aliphatic rings. The highest BCUT2D eigenvalue weighted by atomic mass is 35.5. The maximum absolute atomic E-state index is 12.5. The first-order chi connectivity index (χ1) is 9.45. The van der Waals surface area contributed by atoms with E-state index < -0.39 is 0 Å². The first-order valence-corrected chi connectivity index (χ1v) is 8.13. The predicted octanol–water partition coefficient (Wildman–Crippen LogP) is 2.12. The Hall–Kier alpha value is -0.320. The lowest BCUT2D eigenvalue weighted by atomic mass is 9.85. The summed E-state index contributed by atoms with van der Waals surface area (Å²) in [6.45, 7) is 7.76. The zero-order valence-electron chi connectivity index (χ0n) is 13.8. The van der Waals surface area contributed by atoms with Gasteiger partial charge in [-0.1, -0.05) is 26.7 Å². The molecule has 0 aromatic rings. The van der Waals surface area contributed by atoms with Crippen molar-refractivity contribution in [2.45, 2.75) is 52.0 Å². The van der Waals surface area contributed by atoms with Gasteiger partial charge in [0.05, 0.1) is 6.54 Å². The van der Waals surface area contributed by atoms with Crippen molar-refractivity contribution < 1.29 is 4.79 Å². The fraction of sp³-hybridized carbons (Fsp3) is 0.938. The van der Waals surface area contributed by atoms with Gasteiger partial charge < -0.3 is 10.6 Å². The van der Waals surface area contributed by atoms with Crippen LogP contribution >= 0.6 is 12.4 Å². The molecule has 5 heteroatoms. The third kappa shape index (κ3) is 4.57. The third-order valence-electron chi connectivity index (χ3n) is 5.45. The van der Waals surface area contributed by atoms with Crippen molar-refractivity contribution in [3.63, 3.8) is 0 Å². The van der Waals surface area contributed by atoms with Gasteiger partial charge in [-0.2, -0.15) is 0 Å². The Morgan fingerprint density at radius 2 is 2.05 bits per heavy atom. The Kier molecular flexibility index (Phi) is 6.95. The third-order valence-corrected chi connectivity index (χ3v) is 5.45. The van der Waals surface area contributed by atoms with E-state index in [1.807, 2.05) is 11.9 Å². The van der Waals surface area contributed by atoms with Crippen LogP contribution in [-0.2, 0) is 4.79 Å². The highest BCUT2D eigenvalue weighted by Crippen LogP contribution is 2.30. The topological polar surface area (TPSA) is 49.6 Å². The summed E-state index contributed by atoms with van der Waals surface area (Å²) in [5.74, 6) is 0.926. The molecule has 1 heterocycles. The molecule has 3 unspecified atom stereocenters. The van der Waals surface area contributed by atoms with Gasteiger partial charge in [0.2, 0.25) is 5.91 Å². The summed E-state index contributed by atoms with van der Waals surface area (Å²) in [5, 5.41) is 0. The van der Waals surface area contributed by atoms with Crippen LogP contribution in [0.1, 0.15) is 46.0 Å². The Bertz CT molecular complexity index is 352. The van der Waals surface area contributed by atoms with Crippen molar-refractivity contribution in [2.75, 3.05) is 33.2 Å². The Morgan fingerprint density at radius 1 is 1.38 bits per heavy atom. The summed E-state index contributed by atoms with van der Waals surface area (Å²) < 4.78 is 0. The zero-order valence-corrected chi connectivity index (χ0v) is 14.6. The summed E-state index contributed by atoms with van der Waals surface area (Å²) in [5.41, 5.74) is 6.04. The molecule has 1 amide bonds. The molecule has 0 aromatic carbocycles. The largest absolute Gasteiger partial charge is 0.341 e. The van der Waals surface area contributed by atoms with Crippen LogP contribution in [0.3, 0.4) is 0 Å². The molecule has 1 aliphatic carbocycles. The average Bonchev–Trinajstić information content (AvgIpc) is 2.81. The van der Waals surface area contributed by atoms with Crippen LogP contribution in [0.15, 0.2) is 0 Å². The van der Waals surface area contributed by atoms with E-state index in [4.69, 9.17) is 5.73 Å². The molecule has 1 saturated heterocycles. The fourth-order valence-electron chi connectivity index (χ4n) is 3.79. The molecule has 21 heavy (non-hydrogen) atoms. The van der Waals surface area contributed by atoms with Crippen molar-refractivity contribution in [3.8, 4) is 0 Å². The number of hydrogen-bond acceptors (Lipinski definition) is 3. The zero-order chi connectivity index (χ0) is 14.8. The summed E-state index contributed by atoms with van der Waals surface area (Å²) >= 11 is 0. The number of rotatable bonds is 4. The Morgan fingerprint density at radius 3 is 2.62 bits per heavy atom. The van der Waals surface area contributed by atoms with Gasteiger partial charge in [0, 0.05) is 19.6 Å². The second-order valence-corrected chi connectivity index (χ2v) is 7.31. The average molecular weight is 318 g/mol. The molecule has 2 rings (SSSR count). The lowest BCUT2D eigenvalue weighted by Gasteiger charge is -2.37. The number of halogens is 1. The molecule has 1 aliphatic heterocycles. The van der Waals surface area contributed by atoms with Gasteiger partial charge >= 0.3 is 0 Å². The molecule has 0 bridgehead atoms. The molecule has 124 valence electrons. The normalized spacial score (nSPS) is 33.5. The van der Waals surface area contributed by atoms with E-state index in [1.54, 1.807) is 0 Å². The summed E-state index contributed by atoms with van der Waals surface area (Å²) in [4.78, 5) is 16.8. The monoisotopic (exact) mass is 317 g/mol. The summed E-state index contributed by atoms with van der Waals surface area (Å²) in [6.07, 6.45) is 6.13. The highest BCUT2D eigenvalue weighted by Gasteiger charge is 2.35. The second kappa shape index (κ2) is 7.80. The number of amides is 1. The van der Waals surface area contributed by atoms with Crippen molar-refractivity contribution in [3.05, 3.63) is 0 Å². The number of hydrogen-bond donors (Lipinski definition) is 1. The van der Waals surface area contributed by atoms with E-state index in [2.05, 4.69) is 18.7 Å². The number of likely N-dealkylation sites (N-methyl/N-ethyl adjacent to an activating group) is 1. The fourth-order valence-corrected chi connectivity index (χ4v) is 3.79. The molecular weight excluding hydrogens is 286 g/mol. The van der Waals surface area contributed by atoms with Crippen molar-refractivity contribution in [1.82, 2.24) is 9.80 Å². The Labute approximate surface area is 135 Å². The summed E-state index contributed by atoms with van der Waals surface area (Å²) in [7, 11) is 1.99. The molecule has 0 radical (unpaired) electrons. The highest BCUT2D eigenvalue weighted by molar-refractivity contribution is 5.85. The lowest BCUT2D eigenvalue weighted by molar-refractivity contribution is -0.134. The smallest absolute Gasteiger partial charge is 0.236 e. The molecule has 2 N–H and O–H groups in total. The van der Waals surface area contributed by atoms with E-state index >= 15 is 0 Å². The van der Waals surface area contributed by atoms with Crippen molar-refractivity contribution in [1.29, 1.82) is 0 Å².